The second-order valence-electron chi connectivity index (χ2n) is 6.93. The lowest BCUT2D eigenvalue weighted by atomic mass is 9.94. The standard InChI is InChI=1S/C17H28N4O/c1-4-7-21-13(2)16(8-18-21)11-20-10-15-5-6-17(20)12-19(9-15)14(3)22/h8,15,17H,4-7,9-12H2,1-3H3/t15-,17+/m0/s1. The van der Waals surface area contributed by atoms with Gasteiger partial charge in [0.15, 0.2) is 0 Å². The number of rotatable bonds is 4. The van der Waals surface area contributed by atoms with Crippen LogP contribution in [0.3, 0.4) is 0 Å². The molecule has 0 radical (unpaired) electrons. The predicted octanol–water partition coefficient (Wildman–Crippen LogP) is 2.04. The van der Waals surface area contributed by atoms with Gasteiger partial charge in [-0.15, -0.1) is 0 Å². The summed E-state index contributed by atoms with van der Waals surface area (Å²) >= 11 is 0. The van der Waals surface area contributed by atoms with Crippen molar-refractivity contribution in [1.82, 2.24) is 19.6 Å². The third-order valence-corrected chi connectivity index (χ3v) is 5.29. The monoisotopic (exact) mass is 304 g/mol. The highest BCUT2D eigenvalue weighted by atomic mass is 16.2. The molecule has 1 aromatic heterocycles. The van der Waals surface area contributed by atoms with E-state index in [-0.39, 0.29) is 5.91 Å². The van der Waals surface area contributed by atoms with Crippen molar-refractivity contribution in [1.29, 1.82) is 0 Å². The molecular weight excluding hydrogens is 276 g/mol. The van der Waals surface area contributed by atoms with E-state index in [1.807, 2.05) is 6.20 Å². The van der Waals surface area contributed by atoms with Crippen molar-refractivity contribution >= 4 is 5.91 Å². The van der Waals surface area contributed by atoms with Crippen LogP contribution in [0.4, 0.5) is 0 Å². The van der Waals surface area contributed by atoms with Crippen molar-refractivity contribution in [3.63, 3.8) is 0 Å². The smallest absolute Gasteiger partial charge is 0.219 e. The maximum atomic E-state index is 11.8. The van der Waals surface area contributed by atoms with Crippen molar-refractivity contribution < 1.29 is 4.79 Å². The molecule has 2 bridgehead atoms. The highest BCUT2D eigenvalue weighted by molar-refractivity contribution is 5.73. The second kappa shape index (κ2) is 6.41. The molecule has 0 unspecified atom stereocenters. The molecule has 4 heterocycles. The Bertz CT molecular complexity index is 539. The Morgan fingerprint density at radius 1 is 1.32 bits per heavy atom. The second-order valence-corrected chi connectivity index (χ2v) is 6.93. The number of hydrogen-bond acceptors (Lipinski definition) is 3. The van der Waals surface area contributed by atoms with Gasteiger partial charge in [0, 0.05) is 56.9 Å². The van der Waals surface area contributed by atoms with Gasteiger partial charge in [-0.1, -0.05) is 6.92 Å². The minimum Gasteiger partial charge on any atom is -0.341 e. The number of nitrogens with zero attached hydrogens (tertiary/aromatic N) is 4. The average molecular weight is 304 g/mol. The summed E-state index contributed by atoms with van der Waals surface area (Å²) in [5.41, 5.74) is 2.64. The SMILES string of the molecule is CCCn1ncc(CN2C[C@H]3CC[C@@H]2CN(C(C)=O)C3)c1C. The Morgan fingerprint density at radius 3 is 2.86 bits per heavy atom. The molecule has 0 aliphatic carbocycles. The number of amides is 1. The molecule has 0 aromatic carbocycles. The first-order valence-corrected chi connectivity index (χ1v) is 8.59. The summed E-state index contributed by atoms with van der Waals surface area (Å²) in [6.07, 6.45) is 5.63. The lowest BCUT2D eigenvalue weighted by molar-refractivity contribution is -0.129. The molecule has 3 aliphatic heterocycles. The molecule has 0 saturated carbocycles. The molecular formula is C17H28N4O. The first-order valence-electron chi connectivity index (χ1n) is 8.59. The van der Waals surface area contributed by atoms with E-state index in [9.17, 15) is 4.79 Å². The number of fused-ring (bicyclic) bond motifs is 4. The van der Waals surface area contributed by atoms with E-state index in [1.165, 1.54) is 24.1 Å². The first-order chi connectivity index (χ1) is 10.6. The van der Waals surface area contributed by atoms with Crippen molar-refractivity contribution in [2.45, 2.75) is 59.2 Å². The van der Waals surface area contributed by atoms with E-state index in [1.54, 1.807) is 6.92 Å². The predicted molar refractivity (Wildman–Crippen MR) is 86.4 cm³/mol. The normalized spacial score (nSPS) is 25.5. The molecule has 0 N–H and O–H groups in total. The van der Waals surface area contributed by atoms with Gasteiger partial charge >= 0.3 is 0 Å². The summed E-state index contributed by atoms with van der Waals surface area (Å²) in [7, 11) is 0. The van der Waals surface area contributed by atoms with Gasteiger partial charge in [0.1, 0.15) is 0 Å². The summed E-state index contributed by atoms with van der Waals surface area (Å²) in [6.45, 7) is 11.0. The molecule has 3 fully saturated rings. The number of aromatic nitrogens is 2. The minimum atomic E-state index is 0.227. The number of hydrogen-bond donors (Lipinski definition) is 0. The third kappa shape index (κ3) is 3.05. The summed E-state index contributed by atoms with van der Waals surface area (Å²) in [4.78, 5) is 16.4. The van der Waals surface area contributed by atoms with Crippen molar-refractivity contribution in [2.75, 3.05) is 19.6 Å². The van der Waals surface area contributed by atoms with Crippen LogP contribution in [0.2, 0.25) is 0 Å². The van der Waals surface area contributed by atoms with Gasteiger partial charge in [-0.05, 0) is 32.1 Å². The lowest BCUT2D eigenvalue weighted by Crippen LogP contribution is -2.43. The summed E-state index contributed by atoms with van der Waals surface area (Å²) < 4.78 is 2.12. The molecule has 3 aliphatic rings. The molecule has 3 saturated heterocycles. The molecule has 4 rings (SSSR count). The van der Waals surface area contributed by atoms with Crippen LogP contribution in [0.25, 0.3) is 0 Å². The maximum absolute atomic E-state index is 11.8. The van der Waals surface area contributed by atoms with Crippen LogP contribution < -0.4 is 0 Å². The van der Waals surface area contributed by atoms with Gasteiger partial charge in [0.25, 0.3) is 0 Å². The molecule has 0 spiro atoms. The number of carbonyl (C=O) groups is 1. The van der Waals surface area contributed by atoms with Crippen LogP contribution in [-0.2, 0) is 17.9 Å². The fraction of sp³-hybridized carbons (Fsp3) is 0.765. The van der Waals surface area contributed by atoms with Gasteiger partial charge in [0.05, 0.1) is 6.20 Å². The van der Waals surface area contributed by atoms with E-state index < -0.39 is 0 Å². The zero-order valence-electron chi connectivity index (χ0n) is 14.1. The first kappa shape index (κ1) is 15.5. The fourth-order valence-corrected chi connectivity index (χ4v) is 3.93. The number of aryl methyl sites for hydroxylation is 1. The molecule has 1 amide bonds. The Balaban J connectivity index is 1.72. The fourth-order valence-electron chi connectivity index (χ4n) is 3.93. The van der Waals surface area contributed by atoms with E-state index in [2.05, 4.69) is 33.4 Å². The molecule has 5 heteroatoms. The minimum absolute atomic E-state index is 0.227. The van der Waals surface area contributed by atoms with E-state index in [0.717, 1.165) is 39.1 Å². The Labute approximate surface area is 133 Å². The van der Waals surface area contributed by atoms with Crippen LogP contribution in [0.15, 0.2) is 6.20 Å². The molecule has 1 aromatic rings. The maximum Gasteiger partial charge on any atom is 0.219 e. The molecule has 122 valence electrons. The Morgan fingerprint density at radius 2 is 2.14 bits per heavy atom. The summed E-state index contributed by atoms with van der Waals surface area (Å²) in [5, 5.41) is 4.53. The van der Waals surface area contributed by atoms with Crippen LogP contribution >= 0.6 is 0 Å². The van der Waals surface area contributed by atoms with Gasteiger partial charge in [-0.2, -0.15) is 5.10 Å². The van der Waals surface area contributed by atoms with E-state index in [0.29, 0.717) is 12.0 Å². The topological polar surface area (TPSA) is 41.4 Å². The quantitative estimate of drug-likeness (QED) is 0.855. The lowest BCUT2D eigenvalue weighted by Gasteiger charge is -2.35. The van der Waals surface area contributed by atoms with Crippen LogP contribution in [0, 0.1) is 12.8 Å². The molecule has 2 atom stereocenters. The van der Waals surface area contributed by atoms with Crippen molar-refractivity contribution in [3.05, 3.63) is 17.5 Å². The van der Waals surface area contributed by atoms with Crippen molar-refractivity contribution in [3.8, 4) is 0 Å². The zero-order valence-corrected chi connectivity index (χ0v) is 14.1. The summed E-state index contributed by atoms with van der Waals surface area (Å²) in [6, 6.07) is 0.511. The van der Waals surface area contributed by atoms with Crippen LogP contribution in [-0.4, -0.2) is 51.2 Å². The van der Waals surface area contributed by atoms with Crippen molar-refractivity contribution in [2.24, 2.45) is 5.92 Å². The van der Waals surface area contributed by atoms with Gasteiger partial charge in [-0.3, -0.25) is 14.4 Å². The Hall–Kier alpha value is -1.36. The molecule has 5 nitrogen and oxygen atoms in total. The largest absolute Gasteiger partial charge is 0.341 e. The highest BCUT2D eigenvalue weighted by Crippen LogP contribution is 2.29. The Kier molecular flexibility index (Phi) is 4.52. The summed E-state index contributed by atoms with van der Waals surface area (Å²) in [5.74, 6) is 0.860. The van der Waals surface area contributed by atoms with Gasteiger partial charge in [-0.25, -0.2) is 0 Å². The van der Waals surface area contributed by atoms with E-state index in [4.69, 9.17) is 0 Å². The van der Waals surface area contributed by atoms with E-state index >= 15 is 0 Å². The van der Waals surface area contributed by atoms with Gasteiger partial charge in [0.2, 0.25) is 5.91 Å². The van der Waals surface area contributed by atoms with Crippen LogP contribution in [0.1, 0.15) is 44.4 Å². The molecule has 22 heavy (non-hydrogen) atoms. The number of piperidine rings is 1. The third-order valence-electron chi connectivity index (χ3n) is 5.29. The zero-order chi connectivity index (χ0) is 15.7. The van der Waals surface area contributed by atoms with Gasteiger partial charge < -0.3 is 4.90 Å². The highest BCUT2D eigenvalue weighted by Gasteiger charge is 2.35. The van der Waals surface area contributed by atoms with Crippen LogP contribution in [0.5, 0.6) is 0 Å². The average Bonchev–Trinajstić information content (AvgIpc) is 2.70. The number of carbonyl (C=O) groups excluding carboxylic acids is 1.